The largest absolute Gasteiger partial charge is 0.385 e. The summed E-state index contributed by atoms with van der Waals surface area (Å²) in [6.45, 7) is 7.97. The van der Waals surface area contributed by atoms with Crippen LogP contribution in [0.2, 0.25) is 0 Å². The Balaban J connectivity index is 2.75. The summed E-state index contributed by atoms with van der Waals surface area (Å²) < 4.78 is 13.5. The highest BCUT2D eigenvalue weighted by molar-refractivity contribution is 5.97. The van der Waals surface area contributed by atoms with E-state index in [1.807, 2.05) is 6.07 Å². The molecule has 0 aliphatic carbocycles. The number of hydrogen-bond donors (Lipinski definition) is 1. The van der Waals surface area contributed by atoms with Crippen molar-refractivity contribution in [3.8, 4) is 6.07 Å². The molecule has 0 radical (unpaired) electrons. The maximum atomic E-state index is 13.5. The molecule has 0 saturated carbocycles. The summed E-state index contributed by atoms with van der Waals surface area (Å²) in [4.78, 5) is 13.6. The summed E-state index contributed by atoms with van der Waals surface area (Å²) in [5.74, 6) is -0.767. The fourth-order valence-electron chi connectivity index (χ4n) is 1.77. The quantitative estimate of drug-likeness (QED) is 0.456. The summed E-state index contributed by atoms with van der Waals surface area (Å²) in [5, 5.41) is 11.9. The molecule has 0 fully saturated rings. The first-order valence-corrected chi connectivity index (χ1v) is 6.72. The van der Waals surface area contributed by atoms with Gasteiger partial charge in [0.2, 0.25) is 0 Å². The standard InChI is InChI=1S/C17H18FN3O/c1-3-9-21(10-4-2)17(22)15(11-19)13-20-12-14-7-5-6-8-16(14)18/h3-8,13,20H,1-2,9-10,12H2/b15-13-. The molecule has 0 aromatic heterocycles. The van der Waals surface area contributed by atoms with Crippen molar-refractivity contribution in [2.24, 2.45) is 0 Å². The zero-order chi connectivity index (χ0) is 16.4. The van der Waals surface area contributed by atoms with E-state index in [1.54, 1.807) is 30.4 Å². The van der Waals surface area contributed by atoms with Crippen LogP contribution in [0.1, 0.15) is 5.56 Å². The molecule has 4 nitrogen and oxygen atoms in total. The van der Waals surface area contributed by atoms with Gasteiger partial charge in [0.25, 0.3) is 5.91 Å². The Bertz CT molecular complexity index is 607. The van der Waals surface area contributed by atoms with Crippen molar-refractivity contribution in [3.05, 3.63) is 72.7 Å². The molecule has 0 aliphatic rings. The number of nitriles is 1. The maximum absolute atomic E-state index is 13.5. The summed E-state index contributed by atoms with van der Waals surface area (Å²) in [7, 11) is 0. The van der Waals surface area contributed by atoms with Crippen molar-refractivity contribution in [2.45, 2.75) is 6.54 Å². The minimum Gasteiger partial charge on any atom is -0.385 e. The third-order valence-corrected chi connectivity index (χ3v) is 2.83. The predicted molar refractivity (Wildman–Crippen MR) is 83.9 cm³/mol. The second kappa shape index (κ2) is 9.14. The Morgan fingerprint density at radius 2 is 1.95 bits per heavy atom. The topological polar surface area (TPSA) is 56.1 Å². The zero-order valence-electron chi connectivity index (χ0n) is 12.3. The van der Waals surface area contributed by atoms with E-state index in [0.29, 0.717) is 18.7 Å². The van der Waals surface area contributed by atoms with Crippen LogP contribution in [0.5, 0.6) is 0 Å². The Labute approximate surface area is 129 Å². The number of amides is 1. The number of benzene rings is 1. The third-order valence-electron chi connectivity index (χ3n) is 2.83. The van der Waals surface area contributed by atoms with Crippen molar-refractivity contribution in [1.29, 1.82) is 5.26 Å². The number of carbonyl (C=O) groups excluding carboxylic acids is 1. The molecular weight excluding hydrogens is 281 g/mol. The lowest BCUT2D eigenvalue weighted by atomic mass is 10.2. The fourth-order valence-corrected chi connectivity index (χ4v) is 1.77. The molecule has 0 heterocycles. The molecule has 0 aliphatic heterocycles. The smallest absolute Gasteiger partial charge is 0.266 e. The van der Waals surface area contributed by atoms with Gasteiger partial charge in [-0.15, -0.1) is 13.2 Å². The Morgan fingerprint density at radius 3 is 2.50 bits per heavy atom. The van der Waals surface area contributed by atoms with Gasteiger partial charge in [-0.1, -0.05) is 30.4 Å². The van der Waals surface area contributed by atoms with E-state index >= 15 is 0 Å². The molecule has 1 rings (SSSR count). The third kappa shape index (κ3) is 4.91. The minimum absolute atomic E-state index is 0.0555. The first-order valence-electron chi connectivity index (χ1n) is 6.72. The number of hydrogen-bond acceptors (Lipinski definition) is 3. The van der Waals surface area contributed by atoms with Gasteiger partial charge in [-0.2, -0.15) is 5.26 Å². The zero-order valence-corrected chi connectivity index (χ0v) is 12.3. The predicted octanol–water partition coefficient (Wildman–Crippen LogP) is 2.52. The monoisotopic (exact) mass is 299 g/mol. The van der Waals surface area contributed by atoms with Crippen LogP contribution in [0, 0.1) is 17.1 Å². The molecule has 0 unspecified atom stereocenters. The highest BCUT2D eigenvalue weighted by Gasteiger charge is 2.15. The molecular formula is C17H18FN3O. The molecule has 1 aromatic rings. The summed E-state index contributed by atoms with van der Waals surface area (Å²) in [5.41, 5.74) is 0.401. The van der Waals surface area contributed by atoms with Gasteiger partial charge >= 0.3 is 0 Å². The average molecular weight is 299 g/mol. The first kappa shape index (κ1) is 17.2. The molecule has 1 amide bonds. The van der Waals surface area contributed by atoms with Crippen molar-refractivity contribution in [2.75, 3.05) is 13.1 Å². The van der Waals surface area contributed by atoms with Crippen LogP contribution in [0.3, 0.4) is 0 Å². The van der Waals surface area contributed by atoms with Crippen LogP contribution < -0.4 is 5.32 Å². The van der Waals surface area contributed by atoms with E-state index in [0.717, 1.165) is 0 Å². The van der Waals surface area contributed by atoms with Crippen LogP contribution in [0.15, 0.2) is 61.3 Å². The van der Waals surface area contributed by atoms with Gasteiger partial charge in [0, 0.05) is 31.4 Å². The Hall–Kier alpha value is -2.87. The van der Waals surface area contributed by atoms with E-state index < -0.39 is 5.91 Å². The van der Waals surface area contributed by atoms with E-state index in [1.165, 1.54) is 17.2 Å². The Morgan fingerprint density at radius 1 is 1.32 bits per heavy atom. The van der Waals surface area contributed by atoms with Gasteiger partial charge in [-0.05, 0) is 6.07 Å². The van der Waals surface area contributed by atoms with Crippen LogP contribution in [0.4, 0.5) is 4.39 Å². The van der Waals surface area contributed by atoms with E-state index in [9.17, 15) is 9.18 Å². The molecule has 22 heavy (non-hydrogen) atoms. The highest BCUT2D eigenvalue weighted by Crippen LogP contribution is 2.06. The Kier molecular flexibility index (Phi) is 7.14. The van der Waals surface area contributed by atoms with Crippen molar-refractivity contribution in [3.63, 3.8) is 0 Å². The van der Waals surface area contributed by atoms with Crippen LogP contribution >= 0.6 is 0 Å². The van der Waals surface area contributed by atoms with Crippen LogP contribution in [-0.4, -0.2) is 23.9 Å². The fraction of sp³-hybridized carbons (Fsp3) is 0.176. The molecule has 0 saturated heterocycles. The van der Waals surface area contributed by atoms with Crippen LogP contribution in [0.25, 0.3) is 0 Å². The second-order valence-corrected chi connectivity index (χ2v) is 4.43. The maximum Gasteiger partial charge on any atom is 0.266 e. The SMILES string of the molecule is C=CCN(CC=C)C(=O)/C(C#N)=C\NCc1ccccc1F. The molecule has 0 spiro atoms. The molecule has 1 N–H and O–H groups in total. The molecule has 0 atom stereocenters. The molecule has 0 bridgehead atoms. The molecule has 5 heteroatoms. The van der Waals surface area contributed by atoms with E-state index in [-0.39, 0.29) is 17.9 Å². The number of rotatable bonds is 8. The number of nitrogens with one attached hydrogen (secondary N) is 1. The number of halogens is 1. The minimum atomic E-state index is -0.427. The number of nitrogens with zero attached hydrogens (tertiary/aromatic N) is 2. The van der Waals surface area contributed by atoms with Gasteiger partial charge < -0.3 is 10.2 Å². The summed E-state index contributed by atoms with van der Waals surface area (Å²) in [6.07, 6.45) is 4.44. The van der Waals surface area contributed by atoms with E-state index in [4.69, 9.17) is 5.26 Å². The average Bonchev–Trinajstić information content (AvgIpc) is 2.52. The lowest BCUT2D eigenvalue weighted by molar-refractivity contribution is -0.125. The first-order chi connectivity index (χ1) is 10.6. The highest BCUT2D eigenvalue weighted by atomic mass is 19.1. The van der Waals surface area contributed by atoms with Gasteiger partial charge in [-0.25, -0.2) is 4.39 Å². The normalized spacial score (nSPS) is 10.5. The van der Waals surface area contributed by atoms with Crippen LogP contribution in [-0.2, 0) is 11.3 Å². The van der Waals surface area contributed by atoms with Gasteiger partial charge in [0.05, 0.1) is 0 Å². The summed E-state index contributed by atoms with van der Waals surface area (Å²) in [6, 6.07) is 8.15. The lowest BCUT2D eigenvalue weighted by Gasteiger charge is -2.18. The molecule has 1 aromatic carbocycles. The lowest BCUT2D eigenvalue weighted by Crippen LogP contribution is -2.32. The number of carbonyl (C=O) groups is 1. The van der Waals surface area contributed by atoms with Crippen molar-refractivity contribution in [1.82, 2.24) is 10.2 Å². The second-order valence-electron chi connectivity index (χ2n) is 4.43. The van der Waals surface area contributed by atoms with Crippen molar-refractivity contribution >= 4 is 5.91 Å². The van der Waals surface area contributed by atoms with Gasteiger partial charge in [-0.3, -0.25) is 4.79 Å². The van der Waals surface area contributed by atoms with Gasteiger partial charge in [0.15, 0.2) is 0 Å². The summed E-state index contributed by atoms with van der Waals surface area (Å²) >= 11 is 0. The van der Waals surface area contributed by atoms with E-state index in [2.05, 4.69) is 18.5 Å². The van der Waals surface area contributed by atoms with Crippen molar-refractivity contribution < 1.29 is 9.18 Å². The molecule has 114 valence electrons. The van der Waals surface area contributed by atoms with Gasteiger partial charge in [0.1, 0.15) is 17.5 Å².